The molecule has 0 saturated heterocycles. The fraction of sp³-hybridized carbons (Fsp3) is 0.400. The molecule has 72 valence electrons. The minimum Gasteiger partial charge on any atom is -0.252 e. The van der Waals surface area contributed by atoms with E-state index in [1.807, 2.05) is 18.2 Å². The van der Waals surface area contributed by atoms with Gasteiger partial charge in [0.05, 0.1) is 19.9 Å². The van der Waals surface area contributed by atoms with Crippen molar-refractivity contribution in [3.05, 3.63) is 29.8 Å². The number of hydrogen-bond donors (Lipinski definition) is 0. The van der Waals surface area contributed by atoms with Gasteiger partial charge in [0.1, 0.15) is 0 Å². The maximum absolute atomic E-state index is 5.00. The third-order valence-electron chi connectivity index (χ3n) is 1.86. The van der Waals surface area contributed by atoms with Crippen LogP contribution in [0, 0.1) is 0 Å². The number of nitrogens with zero attached hydrogens (tertiary/aromatic N) is 1. The Hall–Kier alpha value is -1.06. The molecule has 0 fully saturated rings. The topological polar surface area (TPSA) is 21.7 Å². The SMILES string of the molecule is CCc1cccc(N(OC)OC)c1. The van der Waals surface area contributed by atoms with Crippen molar-refractivity contribution in [2.75, 3.05) is 19.4 Å². The van der Waals surface area contributed by atoms with Gasteiger partial charge in [-0.2, -0.15) is 0 Å². The van der Waals surface area contributed by atoms with Crippen LogP contribution < -0.4 is 5.23 Å². The first-order valence-electron chi connectivity index (χ1n) is 4.29. The first kappa shape index (κ1) is 10.0. The van der Waals surface area contributed by atoms with E-state index in [4.69, 9.17) is 9.68 Å². The smallest absolute Gasteiger partial charge is 0.0949 e. The Morgan fingerprint density at radius 1 is 1.23 bits per heavy atom. The summed E-state index contributed by atoms with van der Waals surface area (Å²) >= 11 is 0. The Morgan fingerprint density at radius 3 is 2.46 bits per heavy atom. The van der Waals surface area contributed by atoms with Gasteiger partial charge in [0.2, 0.25) is 0 Å². The van der Waals surface area contributed by atoms with Crippen molar-refractivity contribution in [2.24, 2.45) is 0 Å². The van der Waals surface area contributed by atoms with Gasteiger partial charge in [-0.1, -0.05) is 19.1 Å². The molecule has 0 unspecified atom stereocenters. The minimum absolute atomic E-state index is 0.907. The largest absolute Gasteiger partial charge is 0.252 e. The fourth-order valence-electron chi connectivity index (χ4n) is 1.18. The molecular formula is C10H15NO2. The van der Waals surface area contributed by atoms with Crippen molar-refractivity contribution in [3.63, 3.8) is 0 Å². The van der Waals surface area contributed by atoms with Crippen LogP contribution in [0.25, 0.3) is 0 Å². The number of aryl methyl sites for hydroxylation is 1. The van der Waals surface area contributed by atoms with Crippen LogP contribution in [-0.2, 0) is 16.1 Å². The molecule has 3 heteroatoms. The van der Waals surface area contributed by atoms with Gasteiger partial charge in [-0.25, -0.2) is 0 Å². The summed E-state index contributed by atoms with van der Waals surface area (Å²) in [6.07, 6.45) is 1.01. The fourth-order valence-corrected chi connectivity index (χ4v) is 1.18. The number of hydrogen-bond acceptors (Lipinski definition) is 3. The standard InChI is InChI=1S/C10H15NO2/c1-4-9-6-5-7-10(8-9)11(12-2)13-3/h5-8H,4H2,1-3H3. The Kier molecular flexibility index (Phi) is 3.73. The molecule has 0 radical (unpaired) electrons. The quantitative estimate of drug-likeness (QED) is 0.664. The van der Waals surface area contributed by atoms with E-state index in [1.54, 1.807) is 14.2 Å². The van der Waals surface area contributed by atoms with Gasteiger partial charge in [0, 0.05) is 0 Å². The van der Waals surface area contributed by atoms with E-state index in [0.717, 1.165) is 12.1 Å². The normalized spacial score (nSPS) is 10.1. The molecule has 0 N–H and O–H groups in total. The van der Waals surface area contributed by atoms with Crippen LogP contribution in [0.3, 0.4) is 0 Å². The summed E-state index contributed by atoms with van der Waals surface area (Å²) in [6, 6.07) is 8.03. The molecule has 1 rings (SSSR count). The lowest BCUT2D eigenvalue weighted by molar-refractivity contribution is -0.0433. The Bertz CT molecular complexity index is 259. The van der Waals surface area contributed by atoms with Crippen LogP contribution >= 0.6 is 0 Å². The van der Waals surface area contributed by atoms with Gasteiger partial charge in [0.25, 0.3) is 0 Å². The summed E-state index contributed by atoms with van der Waals surface area (Å²) in [5.41, 5.74) is 2.17. The van der Waals surface area contributed by atoms with Crippen LogP contribution in [-0.4, -0.2) is 14.2 Å². The zero-order valence-corrected chi connectivity index (χ0v) is 8.28. The van der Waals surface area contributed by atoms with Crippen LogP contribution in [0.15, 0.2) is 24.3 Å². The van der Waals surface area contributed by atoms with Gasteiger partial charge in [0.15, 0.2) is 0 Å². The van der Waals surface area contributed by atoms with Crippen molar-refractivity contribution >= 4 is 5.69 Å². The molecule has 0 aliphatic carbocycles. The average molecular weight is 181 g/mol. The second-order valence-corrected chi connectivity index (χ2v) is 2.65. The maximum Gasteiger partial charge on any atom is 0.0949 e. The minimum atomic E-state index is 0.907. The Balaban J connectivity index is 2.86. The first-order chi connectivity index (χ1) is 6.31. The first-order valence-corrected chi connectivity index (χ1v) is 4.29. The molecule has 1 aromatic rings. The van der Waals surface area contributed by atoms with Crippen LogP contribution in [0.5, 0.6) is 0 Å². The highest BCUT2D eigenvalue weighted by molar-refractivity contribution is 5.44. The lowest BCUT2D eigenvalue weighted by Gasteiger charge is -2.18. The van der Waals surface area contributed by atoms with E-state index in [-0.39, 0.29) is 0 Å². The second kappa shape index (κ2) is 4.84. The van der Waals surface area contributed by atoms with Crippen LogP contribution in [0.4, 0.5) is 5.69 Å². The molecule has 0 atom stereocenters. The molecule has 13 heavy (non-hydrogen) atoms. The lowest BCUT2D eigenvalue weighted by atomic mass is 10.1. The molecule has 0 spiro atoms. The summed E-state index contributed by atoms with van der Waals surface area (Å²) < 4.78 is 0. The Morgan fingerprint density at radius 2 is 1.92 bits per heavy atom. The molecule has 0 amide bonds. The molecule has 0 aromatic heterocycles. The predicted octanol–water partition coefficient (Wildman–Crippen LogP) is 2.18. The molecule has 0 aliphatic rings. The molecule has 1 aromatic carbocycles. The van der Waals surface area contributed by atoms with Crippen LogP contribution in [0.1, 0.15) is 12.5 Å². The van der Waals surface area contributed by atoms with Crippen molar-refractivity contribution < 1.29 is 9.68 Å². The zero-order valence-electron chi connectivity index (χ0n) is 8.28. The van der Waals surface area contributed by atoms with Gasteiger partial charge in [-0.15, -0.1) is 5.23 Å². The molecule has 0 saturated carbocycles. The number of anilines is 1. The highest BCUT2D eigenvalue weighted by Crippen LogP contribution is 2.16. The van der Waals surface area contributed by atoms with E-state index < -0.39 is 0 Å². The van der Waals surface area contributed by atoms with Crippen molar-refractivity contribution in [2.45, 2.75) is 13.3 Å². The highest BCUT2D eigenvalue weighted by atomic mass is 16.9. The molecule has 0 bridgehead atoms. The van der Waals surface area contributed by atoms with Gasteiger partial charge in [-0.05, 0) is 24.1 Å². The average Bonchev–Trinajstić information content (AvgIpc) is 2.20. The van der Waals surface area contributed by atoms with E-state index >= 15 is 0 Å². The second-order valence-electron chi connectivity index (χ2n) is 2.65. The summed E-state index contributed by atoms with van der Waals surface area (Å²) in [4.78, 5) is 9.99. The van der Waals surface area contributed by atoms with E-state index in [9.17, 15) is 0 Å². The van der Waals surface area contributed by atoms with E-state index in [2.05, 4.69) is 13.0 Å². The van der Waals surface area contributed by atoms with Gasteiger partial charge < -0.3 is 0 Å². The summed E-state index contributed by atoms with van der Waals surface area (Å²) in [6.45, 7) is 2.11. The third-order valence-corrected chi connectivity index (χ3v) is 1.86. The Labute approximate surface area is 78.8 Å². The lowest BCUT2D eigenvalue weighted by Crippen LogP contribution is -2.19. The van der Waals surface area contributed by atoms with Gasteiger partial charge >= 0.3 is 0 Å². The van der Waals surface area contributed by atoms with Crippen molar-refractivity contribution in [1.82, 2.24) is 0 Å². The van der Waals surface area contributed by atoms with Crippen LogP contribution in [0.2, 0.25) is 0 Å². The molecular weight excluding hydrogens is 166 g/mol. The predicted molar refractivity (Wildman–Crippen MR) is 52.3 cm³/mol. The third kappa shape index (κ3) is 2.44. The number of benzene rings is 1. The van der Waals surface area contributed by atoms with E-state index in [1.165, 1.54) is 10.8 Å². The highest BCUT2D eigenvalue weighted by Gasteiger charge is 2.03. The van der Waals surface area contributed by atoms with Gasteiger partial charge in [-0.3, -0.25) is 9.68 Å². The van der Waals surface area contributed by atoms with Crippen molar-refractivity contribution in [3.8, 4) is 0 Å². The van der Waals surface area contributed by atoms with Crippen molar-refractivity contribution in [1.29, 1.82) is 0 Å². The molecule has 0 aliphatic heterocycles. The molecule has 0 heterocycles. The van der Waals surface area contributed by atoms with E-state index in [0.29, 0.717) is 0 Å². The zero-order chi connectivity index (χ0) is 9.68. The summed E-state index contributed by atoms with van der Waals surface area (Å²) in [5, 5.41) is 1.37. The summed E-state index contributed by atoms with van der Waals surface area (Å²) in [5.74, 6) is 0. The molecule has 3 nitrogen and oxygen atoms in total. The maximum atomic E-state index is 5.00. The monoisotopic (exact) mass is 181 g/mol. The summed E-state index contributed by atoms with van der Waals surface area (Å²) in [7, 11) is 3.14. The number of rotatable bonds is 4.